The molecule has 17 heavy (non-hydrogen) atoms. The maximum absolute atomic E-state index is 11.4. The highest BCUT2D eigenvalue weighted by molar-refractivity contribution is 7.92. The first-order valence-corrected chi connectivity index (χ1v) is 6.85. The highest BCUT2D eigenvalue weighted by Crippen LogP contribution is 2.15. The molecule has 90 valence electrons. The fraction of sp³-hybridized carbons (Fsp3) is 0.182. The van der Waals surface area contributed by atoms with Crippen molar-refractivity contribution < 1.29 is 8.42 Å². The molecule has 0 saturated heterocycles. The second kappa shape index (κ2) is 4.58. The van der Waals surface area contributed by atoms with Crippen LogP contribution in [0.15, 0.2) is 43.0 Å². The minimum absolute atomic E-state index is 0.0578. The van der Waals surface area contributed by atoms with Crippen LogP contribution in [0, 0.1) is 0 Å². The summed E-state index contributed by atoms with van der Waals surface area (Å²) in [7, 11) is -3.23. The van der Waals surface area contributed by atoms with Crippen molar-refractivity contribution in [2.24, 2.45) is 0 Å². The van der Waals surface area contributed by atoms with Gasteiger partial charge in [0.15, 0.2) is 0 Å². The molecule has 5 nitrogen and oxygen atoms in total. The van der Waals surface area contributed by atoms with Crippen LogP contribution in [-0.2, 0) is 10.0 Å². The number of anilines is 1. The minimum Gasteiger partial charge on any atom is -0.306 e. The van der Waals surface area contributed by atoms with Crippen molar-refractivity contribution >= 4 is 15.7 Å². The van der Waals surface area contributed by atoms with Crippen molar-refractivity contribution in [3.8, 4) is 5.69 Å². The molecule has 6 heteroatoms. The minimum atomic E-state index is -3.23. The van der Waals surface area contributed by atoms with E-state index in [0.29, 0.717) is 5.69 Å². The van der Waals surface area contributed by atoms with E-state index in [2.05, 4.69) is 9.71 Å². The lowest BCUT2D eigenvalue weighted by Crippen LogP contribution is -2.14. The molecule has 0 atom stereocenters. The zero-order valence-corrected chi connectivity index (χ0v) is 10.2. The molecule has 0 spiro atoms. The SMILES string of the molecule is CCS(=O)(=O)Nc1cccc(-n2ccnc2)c1. The third kappa shape index (κ3) is 2.85. The summed E-state index contributed by atoms with van der Waals surface area (Å²) in [5, 5.41) is 0. The van der Waals surface area contributed by atoms with Gasteiger partial charge in [-0.05, 0) is 25.1 Å². The molecule has 1 aromatic heterocycles. The fourth-order valence-corrected chi connectivity index (χ4v) is 2.02. The number of aromatic nitrogens is 2. The lowest BCUT2D eigenvalue weighted by Gasteiger charge is -2.08. The van der Waals surface area contributed by atoms with Crippen LogP contribution in [0.3, 0.4) is 0 Å². The van der Waals surface area contributed by atoms with Crippen molar-refractivity contribution in [3.05, 3.63) is 43.0 Å². The number of hydrogen-bond donors (Lipinski definition) is 1. The van der Waals surface area contributed by atoms with Crippen LogP contribution in [0.2, 0.25) is 0 Å². The average molecular weight is 251 g/mol. The lowest BCUT2D eigenvalue weighted by molar-refractivity contribution is 0.602. The standard InChI is InChI=1S/C11H13N3O2S/c1-2-17(15,16)13-10-4-3-5-11(8-10)14-7-6-12-9-14/h3-9,13H,2H2,1H3. The number of sulfonamides is 1. The van der Waals surface area contributed by atoms with Gasteiger partial charge in [-0.15, -0.1) is 0 Å². The number of rotatable bonds is 4. The van der Waals surface area contributed by atoms with E-state index in [1.54, 1.807) is 43.8 Å². The van der Waals surface area contributed by atoms with Gasteiger partial charge in [0.1, 0.15) is 0 Å². The van der Waals surface area contributed by atoms with Gasteiger partial charge in [0.25, 0.3) is 0 Å². The fourth-order valence-electron chi connectivity index (χ4n) is 1.39. The Kier molecular flexibility index (Phi) is 3.14. The molecular formula is C11H13N3O2S. The largest absolute Gasteiger partial charge is 0.306 e. The molecule has 0 aliphatic rings. The van der Waals surface area contributed by atoms with Gasteiger partial charge in [-0.1, -0.05) is 6.07 Å². The number of imidazole rings is 1. The van der Waals surface area contributed by atoms with Gasteiger partial charge in [-0.3, -0.25) is 4.72 Å². The molecule has 2 rings (SSSR count). The summed E-state index contributed by atoms with van der Waals surface area (Å²) in [4.78, 5) is 3.94. The summed E-state index contributed by atoms with van der Waals surface area (Å²) in [6, 6.07) is 7.15. The topological polar surface area (TPSA) is 64.0 Å². The van der Waals surface area contributed by atoms with E-state index in [4.69, 9.17) is 0 Å². The Balaban J connectivity index is 2.30. The van der Waals surface area contributed by atoms with Gasteiger partial charge >= 0.3 is 0 Å². The van der Waals surface area contributed by atoms with E-state index in [-0.39, 0.29) is 5.75 Å². The molecule has 0 saturated carbocycles. The van der Waals surface area contributed by atoms with Crippen LogP contribution in [0.4, 0.5) is 5.69 Å². The lowest BCUT2D eigenvalue weighted by atomic mass is 10.3. The number of nitrogens with zero attached hydrogens (tertiary/aromatic N) is 2. The second-order valence-corrected chi connectivity index (χ2v) is 5.54. The van der Waals surface area contributed by atoms with E-state index in [1.165, 1.54) is 0 Å². The average Bonchev–Trinajstić information content (AvgIpc) is 2.82. The molecule has 0 unspecified atom stereocenters. The molecule has 0 amide bonds. The zero-order chi connectivity index (χ0) is 12.3. The van der Waals surface area contributed by atoms with Crippen molar-refractivity contribution in [3.63, 3.8) is 0 Å². The predicted octanol–water partition coefficient (Wildman–Crippen LogP) is 1.63. The molecular weight excluding hydrogens is 238 g/mol. The smallest absolute Gasteiger partial charge is 0.232 e. The molecule has 0 bridgehead atoms. The molecule has 2 aromatic rings. The molecule has 1 N–H and O–H groups in total. The maximum atomic E-state index is 11.4. The third-order valence-electron chi connectivity index (χ3n) is 2.30. The van der Waals surface area contributed by atoms with E-state index in [9.17, 15) is 8.42 Å². The Labute approximate surface area is 100 Å². The first-order chi connectivity index (χ1) is 8.11. The summed E-state index contributed by atoms with van der Waals surface area (Å²) < 4.78 is 27.2. The van der Waals surface area contributed by atoms with Gasteiger partial charge in [0.2, 0.25) is 10.0 Å². The summed E-state index contributed by atoms with van der Waals surface area (Å²) in [6.07, 6.45) is 5.13. The quantitative estimate of drug-likeness (QED) is 0.898. The third-order valence-corrected chi connectivity index (χ3v) is 3.61. The first kappa shape index (κ1) is 11.7. The van der Waals surface area contributed by atoms with E-state index < -0.39 is 10.0 Å². The highest BCUT2D eigenvalue weighted by Gasteiger charge is 2.07. The number of nitrogens with one attached hydrogen (secondary N) is 1. The summed E-state index contributed by atoms with van der Waals surface area (Å²) in [5.41, 5.74) is 1.41. The maximum Gasteiger partial charge on any atom is 0.232 e. The van der Waals surface area contributed by atoms with Crippen LogP contribution in [0.1, 0.15) is 6.92 Å². The monoisotopic (exact) mass is 251 g/mol. The van der Waals surface area contributed by atoms with Crippen LogP contribution in [0.5, 0.6) is 0 Å². The Morgan fingerprint density at radius 2 is 2.24 bits per heavy atom. The molecule has 0 aliphatic carbocycles. The molecule has 0 radical (unpaired) electrons. The van der Waals surface area contributed by atoms with Crippen molar-refractivity contribution in [1.82, 2.24) is 9.55 Å². The van der Waals surface area contributed by atoms with Gasteiger partial charge in [0.05, 0.1) is 17.8 Å². The van der Waals surface area contributed by atoms with Gasteiger partial charge in [-0.25, -0.2) is 13.4 Å². The van der Waals surface area contributed by atoms with Gasteiger partial charge < -0.3 is 4.57 Å². The summed E-state index contributed by atoms with van der Waals surface area (Å²) in [6.45, 7) is 1.60. The van der Waals surface area contributed by atoms with E-state index >= 15 is 0 Å². The number of benzene rings is 1. The first-order valence-electron chi connectivity index (χ1n) is 5.19. The van der Waals surface area contributed by atoms with Crippen LogP contribution < -0.4 is 4.72 Å². The van der Waals surface area contributed by atoms with E-state index in [1.807, 2.05) is 10.6 Å². The van der Waals surface area contributed by atoms with Crippen molar-refractivity contribution in [2.45, 2.75) is 6.92 Å². The van der Waals surface area contributed by atoms with Crippen molar-refractivity contribution in [1.29, 1.82) is 0 Å². The number of hydrogen-bond acceptors (Lipinski definition) is 3. The highest BCUT2D eigenvalue weighted by atomic mass is 32.2. The summed E-state index contributed by atoms with van der Waals surface area (Å²) in [5.74, 6) is 0.0578. The van der Waals surface area contributed by atoms with E-state index in [0.717, 1.165) is 5.69 Å². The predicted molar refractivity (Wildman–Crippen MR) is 66.6 cm³/mol. The zero-order valence-electron chi connectivity index (χ0n) is 9.37. The Morgan fingerprint density at radius 3 is 2.88 bits per heavy atom. The van der Waals surface area contributed by atoms with Crippen LogP contribution in [0.25, 0.3) is 5.69 Å². The summed E-state index contributed by atoms with van der Waals surface area (Å²) >= 11 is 0. The van der Waals surface area contributed by atoms with Crippen LogP contribution in [-0.4, -0.2) is 23.7 Å². The molecule has 1 aromatic carbocycles. The Morgan fingerprint density at radius 1 is 1.41 bits per heavy atom. The second-order valence-electron chi connectivity index (χ2n) is 3.53. The van der Waals surface area contributed by atoms with Gasteiger partial charge in [-0.2, -0.15) is 0 Å². The Hall–Kier alpha value is -1.82. The normalized spacial score (nSPS) is 11.4. The van der Waals surface area contributed by atoms with Crippen molar-refractivity contribution in [2.75, 3.05) is 10.5 Å². The molecule has 1 heterocycles. The molecule has 0 fully saturated rings. The van der Waals surface area contributed by atoms with Gasteiger partial charge in [0, 0.05) is 18.1 Å². The van der Waals surface area contributed by atoms with Crippen LogP contribution >= 0.6 is 0 Å². The Bertz CT molecular complexity index is 591. The molecule has 0 aliphatic heterocycles.